The van der Waals surface area contributed by atoms with Crippen LogP contribution in [0.25, 0.3) is 0 Å². The summed E-state index contributed by atoms with van der Waals surface area (Å²) in [6, 6.07) is 9.03. The summed E-state index contributed by atoms with van der Waals surface area (Å²) in [5.74, 6) is 0.458. The van der Waals surface area contributed by atoms with E-state index in [1.54, 1.807) is 29.3 Å². The van der Waals surface area contributed by atoms with E-state index in [1.165, 1.54) is 6.07 Å². The van der Waals surface area contributed by atoms with Gasteiger partial charge in [-0.2, -0.15) is 0 Å². The molecule has 0 saturated heterocycles. The number of nitrogens with zero attached hydrogens (tertiary/aromatic N) is 2. The highest BCUT2D eigenvalue weighted by atomic mass is 19.1. The second kappa shape index (κ2) is 8.29. The number of anilines is 1. The fourth-order valence-electron chi connectivity index (χ4n) is 3.79. The maximum atomic E-state index is 13.8. The van der Waals surface area contributed by atoms with Crippen molar-refractivity contribution in [1.82, 2.24) is 10.3 Å². The number of nitrogens with two attached hydrogens (primary N) is 1. The first-order valence-corrected chi connectivity index (χ1v) is 10.0. The quantitative estimate of drug-likeness (QED) is 0.749. The molecule has 152 valence electrons. The Hall–Kier alpha value is -2.80. The number of hydrogen-bond donors (Lipinski definition) is 2. The first-order chi connectivity index (χ1) is 14.0. The number of carbonyl (C=O) groups excluding carboxylic acids is 2. The van der Waals surface area contributed by atoms with Gasteiger partial charge in [-0.1, -0.05) is 24.3 Å². The summed E-state index contributed by atoms with van der Waals surface area (Å²) in [7, 11) is 0. The largest absolute Gasteiger partial charge is 0.344 e. The molecular formula is C22H25FN4O2. The average Bonchev–Trinajstić information content (AvgIpc) is 3.51. The van der Waals surface area contributed by atoms with Gasteiger partial charge in [-0.15, -0.1) is 0 Å². The summed E-state index contributed by atoms with van der Waals surface area (Å²) < 4.78 is 13.8. The number of amides is 2. The van der Waals surface area contributed by atoms with Crippen molar-refractivity contribution in [1.29, 1.82) is 0 Å². The molecule has 1 saturated carbocycles. The third-order valence-electron chi connectivity index (χ3n) is 5.47. The fraction of sp³-hybridized carbons (Fsp3) is 0.409. The van der Waals surface area contributed by atoms with Gasteiger partial charge in [0.05, 0.1) is 0 Å². The molecule has 6 nitrogen and oxygen atoms in total. The van der Waals surface area contributed by atoms with Crippen LogP contribution in [0.2, 0.25) is 0 Å². The molecule has 3 N–H and O–H groups in total. The predicted molar refractivity (Wildman–Crippen MR) is 108 cm³/mol. The Morgan fingerprint density at radius 1 is 1.28 bits per heavy atom. The standard InChI is InChI=1S/C22H25FN4O2/c23-18-6-2-1-4-15(18)10-17(24)12-20(28)26-19-11-16-5-3-9-25-21(16)27(22(19)29)13-14-7-8-14/h1-6,9,14,17,19H,7-8,10-13,24H2,(H,26,28)/t17-,19?/m1/s1. The molecule has 2 amide bonds. The molecule has 2 heterocycles. The Morgan fingerprint density at radius 2 is 2.07 bits per heavy atom. The number of rotatable bonds is 7. The van der Waals surface area contributed by atoms with Gasteiger partial charge >= 0.3 is 0 Å². The second-order valence-electron chi connectivity index (χ2n) is 7.96. The van der Waals surface area contributed by atoms with Crippen LogP contribution in [0.15, 0.2) is 42.6 Å². The molecule has 1 aliphatic carbocycles. The van der Waals surface area contributed by atoms with E-state index in [-0.39, 0.29) is 30.5 Å². The lowest BCUT2D eigenvalue weighted by Gasteiger charge is -2.33. The van der Waals surface area contributed by atoms with Crippen molar-refractivity contribution in [2.24, 2.45) is 11.7 Å². The summed E-state index contributed by atoms with van der Waals surface area (Å²) >= 11 is 0. The number of halogens is 1. The maximum absolute atomic E-state index is 13.8. The van der Waals surface area contributed by atoms with E-state index in [4.69, 9.17) is 5.73 Å². The molecule has 29 heavy (non-hydrogen) atoms. The molecule has 1 aromatic heterocycles. The summed E-state index contributed by atoms with van der Waals surface area (Å²) in [5.41, 5.74) is 7.50. The van der Waals surface area contributed by atoms with Crippen molar-refractivity contribution in [2.75, 3.05) is 11.4 Å². The zero-order valence-electron chi connectivity index (χ0n) is 16.2. The van der Waals surface area contributed by atoms with Crippen LogP contribution in [-0.4, -0.2) is 35.4 Å². The molecule has 2 aromatic rings. The van der Waals surface area contributed by atoms with Gasteiger partial charge < -0.3 is 11.1 Å². The van der Waals surface area contributed by atoms with Crippen molar-refractivity contribution < 1.29 is 14.0 Å². The average molecular weight is 396 g/mol. The SMILES string of the molecule is N[C@@H](CC(=O)NC1Cc2cccnc2N(CC2CC2)C1=O)Cc1ccccc1F. The summed E-state index contributed by atoms with van der Waals surface area (Å²) in [4.78, 5) is 31.6. The molecule has 1 unspecified atom stereocenters. The molecule has 0 bridgehead atoms. The van der Waals surface area contributed by atoms with E-state index in [1.807, 2.05) is 12.1 Å². The van der Waals surface area contributed by atoms with Crippen molar-refractivity contribution in [3.63, 3.8) is 0 Å². The Balaban J connectivity index is 1.40. The predicted octanol–water partition coefficient (Wildman–Crippen LogP) is 1.96. The van der Waals surface area contributed by atoms with Gasteiger partial charge in [0.1, 0.15) is 17.7 Å². The minimum absolute atomic E-state index is 0.0284. The lowest BCUT2D eigenvalue weighted by Crippen LogP contribution is -2.54. The van der Waals surface area contributed by atoms with Crippen LogP contribution in [0.1, 0.15) is 30.4 Å². The van der Waals surface area contributed by atoms with Gasteiger partial charge in [-0.05, 0) is 48.4 Å². The molecule has 7 heteroatoms. The molecule has 2 atom stereocenters. The van der Waals surface area contributed by atoms with Gasteiger partial charge in [-0.3, -0.25) is 14.5 Å². The van der Waals surface area contributed by atoms with E-state index < -0.39 is 12.1 Å². The van der Waals surface area contributed by atoms with Crippen LogP contribution in [0.4, 0.5) is 10.2 Å². The third-order valence-corrected chi connectivity index (χ3v) is 5.47. The number of hydrogen-bond acceptors (Lipinski definition) is 4. The monoisotopic (exact) mass is 396 g/mol. The van der Waals surface area contributed by atoms with Gasteiger partial charge in [0.2, 0.25) is 5.91 Å². The van der Waals surface area contributed by atoms with Crippen LogP contribution >= 0.6 is 0 Å². The fourth-order valence-corrected chi connectivity index (χ4v) is 3.79. The van der Waals surface area contributed by atoms with Crippen LogP contribution in [0, 0.1) is 11.7 Å². The zero-order valence-corrected chi connectivity index (χ0v) is 16.2. The normalized spacial score (nSPS) is 19.6. The molecule has 2 aliphatic rings. The smallest absolute Gasteiger partial charge is 0.251 e. The van der Waals surface area contributed by atoms with Gasteiger partial charge in [-0.25, -0.2) is 9.37 Å². The van der Waals surface area contributed by atoms with Crippen LogP contribution in [-0.2, 0) is 22.4 Å². The highest BCUT2D eigenvalue weighted by Gasteiger charge is 2.37. The minimum atomic E-state index is -0.626. The number of carbonyl (C=O) groups is 2. The van der Waals surface area contributed by atoms with E-state index >= 15 is 0 Å². The molecule has 1 aromatic carbocycles. The van der Waals surface area contributed by atoms with Gasteiger partial charge in [0, 0.05) is 31.6 Å². The first-order valence-electron chi connectivity index (χ1n) is 10.0. The number of pyridine rings is 1. The highest BCUT2D eigenvalue weighted by Crippen LogP contribution is 2.34. The molecule has 1 fully saturated rings. The van der Waals surface area contributed by atoms with E-state index in [2.05, 4.69) is 10.3 Å². The van der Waals surface area contributed by atoms with Crippen LogP contribution in [0.3, 0.4) is 0 Å². The first kappa shape index (κ1) is 19.5. The van der Waals surface area contributed by atoms with E-state index in [0.717, 1.165) is 18.4 Å². The minimum Gasteiger partial charge on any atom is -0.344 e. The summed E-state index contributed by atoms with van der Waals surface area (Å²) in [5, 5.41) is 2.83. The lowest BCUT2D eigenvalue weighted by atomic mass is 9.98. The number of nitrogens with one attached hydrogen (secondary N) is 1. The van der Waals surface area contributed by atoms with Crippen molar-refractivity contribution in [3.8, 4) is 0 Å². The Kier molecular flexibility index (Phi) is 5.58. The number of aromatic nitrogens is 1. The lowest BCUT2D eigenvalue weighted by molar-refractivity contribution is -0.128. The van der Waals surface area contributed by atoms with Gasteiger partial charge in [0.15, 0.2) is 0 Å². The highest BCUT2D eigenvalue weighted by molar-refractivity contribution is 6.01. The molecule has 0 radical (unpaired) electrons. The van der Waals surface area contributed by atoms with E-state index in [9.17, 15) is 14.0 Å². The molecule has 0 spiro atoms. The topological polar surface area (TPSA) is 88.3 Å². The molecule has 4 rings (SSSR count). The second-order valence-corrected chi connectivity index (χ2v) is 7.96. The van der Waals surface area contributed by atoms with Crippen molar-refractivity contribution in [2.45, 2.75) is 44.2 Å². The Labute approximate surface area is 169 Å². The van der Waals surface area contributed by atoms with E-state index in [0.29, 0.717) is 30.3 Å². The van der Waals surface area contributed by atoms with Gasteiger partial charge in [0.25, 0.3) is 5.91 Å². The maximum Gasteiger partial charge on any atom is 0.251 e. The summed E-state index contributed by atoms with van der Waals surface area (Å²) in [6.07, 6.45) is 4.63. The number of fused-ring (bicyclic) bond motifs is 1. The number of benzene rings is 1. The molecule has 1 aliphatic heterocycles. The zero-order chi connectivity index (χ0) is 20.4. The summed E-state index contributed by atoms with van der Waals surface area (Å²) in [6.45, 7) is 0.641. The van der Waals surface area contributed by atoms with Crippen LogP contribution < -0.4 is 16.0 Å². The molecular weight excluding hydrogens is 371 g/mol. The Bertz CT molecular complexity index is 915. The Morgan fingerprint density at radius 3 is 2.83 bits per heavy atom. The third kappa shape index (κ3) is 4.62. The van der Waals surface area contributed by atoms with Crippen molar-refractivity contribution >= 4 is 17.6 Å². The van der Waals surface area contributed by atoms with Crippen molar-refractivity contribution in [3.05, 3.63) is 59.5 Å². The van der Waals surface area contributed by atoms with Crippen LogP contribution in [0.5, 0.6) is 0 Å².